The number of halogens is 1. The molecule has 0 fully saturated rings. The number of hydrogen-bond donors (Lipinski definition) is 2. The lowest BCUT2D eigenvalue weighted by Gasteiger charge is -2.09. The topological polar surface area (TPSA) is 81.3 Å². The number of methoxy groups -OCH3 is 1. The Hall–Kier alpha value is -2.79. The average Bonchev–Trinajstić information content (AvgIpc) is 2.54. The third-order valence-corrected chi connectivity index (χ3v) is 3.62. The van der Waals surface area contributed by atoms with Crippen LogP contribution in [0, 0.1) is 0 Å². The van der Waals surface area contributed by atoms with Crippen molar-refractivity contribution in [2.24, 2.45) is 0 Å². The maximum atomic E-state index is 10.2. The Balaban J connectivity index is 2.09. The molecular weight excluding hydrogens is 314 g/mol. The highest BCUT2D eigenvalue weighted by molar-refractivity contribution is 6.30. The fourth-order valence-electron chi connectivity index (χ4n) is 2.23. The summed E-state index contributed by atoms with van der Waals surface area (Å²) in [6.07, 6.45) is 0. The Morgan fingerprint density at radius 3 is 2.35 bits per heavy atom. The van der Waals surface area contributed by atoms with Crippen LogP contribution in [-0.4, -0.2) is 22.2 Å². The van der Waals surface area contributed by atoms with Crippen molar-refractivity contribution in [3.8, 4) is 34.0 Å². The van der Waals surface area contributed by atoms with Gasteiger partial charge in [0.05, 0.1) is 18.5 Å². The molecule has 3 rings (SSSR count). The molecule has 0 atom stereocenters. The van der Waals surface area contributed by atoms with Gasteiger partial charge in [-0.3, -0.25) is 0 Å². The van der Waals surface area contributed by atoms with Crippen LogP contribution >= 0.6 is 11.6 Å². The average molecular weight is 328 g/mol. The minimum Gasteiger partial charge on any atom is -0.507 e. The van der Waals surface area contributed by atoms with E-state index in [1.807, 2.05) is 12.1 Å². The molecule has 3 N–H and O–H groups in total. The Morgan fingerprint density at radius 2 is 1.70 bits per heavy atom. The minimum atomic E-state index is 0.0597. The molecule has 0 spiro atoms. The van der Waals surface area contributed by atoms with Crippen molar-refractivity contribution in [1.82, 2.24) is 9.97 Å². The summed E-state index contributed by atoms with van der Waals surface area (Å²) in [5.74, 6) is 0.748. The van der Waals surface area contributed by atoms with Gasteiger partial charge in [0.15, 0.2) is 0 Å². The Kier molecular flexibility index (Phi) is 4.04. The van der Waals surface area contributed by atoms with Crippen LogP contribution in [0.1, 0.15) is 0 Å². The van der Waals surface area contributed by atoms with Crippen LogP contribution in [0.15, 0.2) is 48.5 Å². The summed E-state index contributed by atoms with van der Waals surface area (Å²) >= 11 is 5.90. The van der Waals surface area contributed by atoms with Gasteiger partial charge in [0.25, 0.3) is 0 Å². The molecule has 0 amide bonds. The standard InChI is InChI=1S/C17H14ClN3O2/c1-23-12-6-7-13(16(22)8-12)15-9-14(20-17(19)21-15)10-2-4-11(18)5-3-10/h2-9,22H,1H3,(H2,19,20,21). The normalized spacial score (nSPS) is 10.5. The van der Waals surface area contributed by atoms with Gasteiger partial charge < -0.3 is 15.6 Å². The number of nitrogen functional groups attached to an aromatic ring is 1. The number of ether oxygens (including phenoxy) is 1. The first-order valence-electron chi connectivity index (χ1n) is 6.84. The molecule has 0 aliphatic heterocycles. The molecule has 2 aromatic carbocycles. The number of anilines is 1. The molecule has 0 bridgehead atoms. The molecule has 5 nitrogen and oxygen atoms in total. The van der Waals surface area contributed by atoms with E-state index in [1.165, 1.54) is 13.2 Å². The van der Waals surface area contributed by atoms with E-state index in [1.54, 1.807) is 30.3 Å². The maximum Gasteiger partial charge on any atom is 0.221 e. The molecule has 0 saturated heterocycles. The van der Waals surface area contributed by atoms with Crippen molar-refractivity contribution >= 4 is 17.5 Å². The Labute approximate surface area is 138 Å². The van der Waals surface area contributed by atoms with E-state index < -0.39 is 0 Å². The molecule has 3 aromatic rings. The zero-order chi connectivity index (χ0) is 16.4. The molecule has 0 aliphatic carbocycles. The molecule has 0 radical (unpaired) electrons. The molecule has 0 aliphatic rings. The minimum absolute atomic E-state index is 0.0597. The van der Waals surface area contributed by atoms with Crippen molar-refractivity contribution in [3.63, 3.8) is 0 Å². The number of phenols is 1. The van der Waals surface area contributed by atoms with Gasteiger partial charge in [-0.1, -0.05) is 23.7 Å². The molecule has 0 saturated carbocycles. The molecule has 1 aromatic heterocycles. The van der Waals surface area contributed by atoms with Gasteiger partial charge in [0, 0.05) is 22.2 Å². The number of nitrogens with two attached hydrogens (primary N) is 1. The fourth-order valence-corrected chi connectivity index (χ4v) is 2.35. The van der Waals surface area contributed by atoms with Gasteiger partial charge in [-0.25, -0.2) is 9.97 Å². The van der Waals surface area contributed by atoms with E-state index in [4.69, 9.17) is 22.1 Å². The van der Waals surface area contributed by atoms with Crippen molar-refractivity contribution < 1.29 is 9.84 Å². The molecule has 116 valence electrons. The van der Waals surface area contributed by atoms with E-state index in [0.29, 0.717) is 27.7 Å². The first-order valence-corrected chi connectivity index (χ1v) is 7.22. The van der Waals surface area contributed by atoms with Gasteiger partial charge >= 0.3 is 0 Å². The lowest BCUT2D eigenvalue weighted by Crippen LogP contribution is -1.99. The second kappa shape index (κ2) is 6.14. The van der Waals surface area contributed by atoms with Crippen molar-refractivity contribution in [3.05, 3.63) is 53.6 Å². The number of hydrogen-bond acceptors (Lipinski definition) is 5. The van der Waals surface area contributed by atoms with Gasteiger partial charge in [0.2, 0.25) is 5.95 Å². The third kappa shape index (κ3) is 3.19. The van der Waals surface area contributed by atoms with Crippen LogP contribution in [-0.2, 0) is 0 Å². The van der Waals surface area contributed by atoms with E-state index >= 15 is 0 Å². The van der Waals surface area contributed by atoms with Crippen molar-refractivity contribution in [1.29, 1.82) is 0 Å². The van der Waals surface area contributed by atoms with Crippen LogP contribution < -0.4 is 10.5 Å². The summed E-state index contributed by atoms with van der Waals surface area (Å²) < 4.78 is 5.08. The predicted molar refractivity (Wildman–Crippen MR) is 90.5 cm³/mol. The number of benzene rings is 2. The highest BCUT2D eigenvalue weighted by Gasteiger charge is 2.11. The molecule has 6 heteroatoms. The van der Waals surface area contributed by atoms with Gasteiger partial charge in [-0.2, -0.15) is 0 Å². The number of rotatable bonds is 3. The van der Waals surface area contributed by atoms with Gasteiger partial charge in [0.1, 0.15) is 11.5 Å². The second-order valence-electron chi connectivity index (χ2n) is 4.89. The van der Waals surface area contributed by atoms with E-state index in [2.05, 4.69) is 9.97 Å². The zero-order valence-corrected chi connectivity index (χ0v) is 13.1. The summed E-state index contributed by atoms with van der Waals surface area (Å²) in [5, 5.41) is 10.8. The zero-order valence-electron chi connectivity index (χ0n) is 12.3. The predicted octanol–water partition coefficient (Wildman–Crippen LogP) is 3.76. The van der Waals surface area contributed by atoms with Crippen molar-refractivity contribution in [2.45, 2.75) is 0 Å². The van der Waals surface area contributed by atoms with E-state index in [9.17, 15) is 5.11 Å². The number of aromatic hydroxyl groups is 1. The first-order chi connectivity index (χ1) is 11.1. The molecule has 23 heavy (non-hydrogen) atoms. The van der Waals surface area contributed by atoms with Crippen LogP contribution in [0.2, 0.25) is 5.02 Å². The molecule has 1 heterocycles. The van der Waals surface area contributed by atoms with Gasteiger partial charge in [-0.15, -0.1) is 0 Å². The summed E-state index contributed by atoms with van der Waals surface area (Å²) in [5.41, 5.74) is 8.41. The second-order valence-corrected chi connectivity index (χ2v) is 5.32. The van der Waals surface area contributed by atoms with Gasteiger partial charge in [-0.05, 0) is 30.3 Å². The number of nitrogens with zero attached hydrogens (tertiary/aromatic N) is 2. The van der Waals surface area contributed by atoms with Crippen LogP contribution in [0.25, 0.3) is 22.5 Å². The Morgan fingerprint density at radius 1 is 1.00 bits per heavy atom. The molecular formula is C17H14ClN3O2. The SMILES string of the molecule is COc1ccc(-c2cc(-c3ccc(Cl)cc3)nc(N)n2)c(O)c1. The van der Waals surface area contributed by atoms with E-state index in [0.717, 1.165) is 5.56 Å². The van der Waals surface area contributed by atoms with Crippen LogP contribution in [0.4, 0.5) is 5.95 Å². The summed E-state index contributed by atoms with van der Waals surface area (Å²) in [4.78, 5) is 8.44. The van der Waals surface area contributed by atoms with Crippen LogP contribution in [0.5, 0.6) is 11.5 Å². The highest BCUT2D eigenvalue weighted by atomic mass is 35.5. The quantitative estimate of drug-likeness (QED) is 0.765. The third-order valence-electron chi connectivity index (χ3n) is 3.36. The molecule has 0 unspecified atom stereocenters. The van der Waals surface area contributed by atoms with Crippen LogP contribution in [0.3, 0.4) is 0 Å². The number of phenolic OH excluding ortho intramolecular Hbond substituents is 1. The maximum absolute atomic E-state index is 10.2. The largest absolute Gasteiger partial charge is 0.507 e. The smallest absolute Gasteiger partial charge is 0.221 e. The highest BCUT2D eigenvalue weighted by Crippen LogP contribution is 2.33. The number of aromatic nitrogens is 2. The lowest BCUT2D eigenvalue weighted by molar-refractivity contribution is 0.408. The summed E-state index contributed by atoms with van der Waals surface area (Å²) in [6.45, 7) is 0. The van der Waals surface area contributed by atoms with Crippen molar-refractivity contribution in [2.75, 3.05) is 12.8 Å². The first kappa shape index (κ1) is 15.1. The van der Waals surface area contributed by atoms with E-state index in [-0.39, 0.29) is 11.7 Å². The Bertz CT molecular complexity index is 851. The summed E-state index contributed by atoms with van der Waals surface area (Å²) in [6, 6.07) is 14.0. The fraction of sp³-hybridized carbons (Fsp3) is 0.0588. The monoisotopic (exact) mass is 327 g/mol. The lowest BCUT2D eigenvalue weighted by atomic mass is 10.1. The summed E-state index contributed by atoms with van der Waals surface area (Å²) in [7, 11) is 1.54.